The highest BCUT2D eigenvalue weighted by molar-refractivity contribution is 5.71. The Morgan fingerprint density at radius 2 is 0.581 bits per heavy atom. The number of esters is 3. The predicted octanol–water partition coefficient (Wildman–Crippen LogP) is 17.7. The molecule has 0 bridgehead atoms. The minimum atomic E-state index is -0.777. The number of ether oxygens (including phenoxy) is 3. The van der Waals surface area contributed by atoms with Gasteiger partial charge >= 0.3 is 17.9 Å². The molecule has 0 aromatic rings. The molecular formula is C56H102O6. The first-order chi connectivity index (χ1) is 30.5. The molecule has 0 rings (SSSR count). The molecule has 0 aliphatic carbocycles. The zero-order chi connectivity index (χ0) is 45.1. The number of rotatable bonds is 49. The van der Waals surface area contributed by atoms with Crippen LogP contribution in [0.15, 0.2) is 36.5 Å². The number of hydrogen-bond donors (Lipinski definition) is 0. The molecule has 6 nitrogen and oxygen atoms in total. The van der Waals surface area contributed by atoms with Crippen molar-refractivity contribution in [1.82, 2.24) is 0 Å². The van der Waals surface area contributed by atoms with Crippen LogP contribution in [0.1, 0.15) is 284 Å². The summed E-state index contributed by atoms with van der Waals surface area (Å²) in [5.41, 5.74) is 0. The summed E-state index contributed by atoms with van der Waals surface area (Å²) in [7, 11) is 0. The normalized spacial score (nSPS) is 12.2. The van der Waals surface area contributed by atoms with Crippen LogP contribution in [0.25, 0.3) is 0 Å². The Labute approximate surface area is 385 Å². The summed E-state index contributed by atoms with van der Waals surface area (Å²) in [6.07, 6.45) is 59.8. The number of hydrogen-bond acceptors (Lipinski definition) is 6. The molecule has 0 spiro atoms. The Kier molecular flexibility index (Phi) is 49.3. The molecule has 0 N–H and O–H groups in total. The first kappa shape index (κ1) is 59.6. The first-order valence-electron chi connectivity index (χ1n) is 27.0. The van der Waals surface area contributed by atoms with E-state index in [0.29, 0.717) is 19.3 Å². The molecular weight excluding hydrogens is 769 g/mol. The highest BCUT2D eigenvalue weighted by Gasteiger charge is 2.19. The summed E-state index contributed by atoms with van der Waals surface area (Å²) in [6.45, 7) is 6.61. The number of carbonyl (C=O) groups excluding carboxylic acids is 3. The van der Waals surface area contributed by atoms with Crippen LogP contribution in [0, 0.1) is 0 Å². The third-order valence-electron chi connectivity index (χ3n) is 11.9. The maximum Gasteiger partial charge on any atom is 0.306 e. The van der Waals surface area contributed by atoms with Gasteiger partial charge in [-0.2, -0.15) is 0 Å². The molecule has 0 saturated carbocycles. The van der Waals surface area contributed by atoms with Crippen LogP contribution in [0.2, 0.25) is 0 Å². The standard InChI is InChI=1S/C56H102O6/c1-4-7-10-13-16-19-22-24-26-27-28-30-31-34-37-40-43-46-49-55(58)61-52-53(51-60-54(57)48-45-42-39-36-33-21-18-15-12-9-6-3)62-56(59)50-47-44-41-38-35-32-29-25-23-20-17-14-11-8-5-2/h17,20,23,25,28,30,53H,4-16,18-19,21-22,24,26-27,29,31-52H2,1-3H3/b20-17-,25-23-,30-28-. The lowest BCUT2D eigenvalue weighted by Crippen LogP contribution is -2.30. The Morgan fingerprint density at radius 1 is 0.323 bits per heavy atom. The van der Waals surface area contributed by atoms with Crippen molar-refractivity contribution in [2.75, 3.05) is 13.2 Å². The second-order valence-corrected chi connectivity index (χ2v) is 18.2. The van der Waals surface area contributed by atoms with E-state index >= 15 is 0 Å². The Bertz CT molecular complexity index is 1050. The van der Waals surface area contributed by atoms with Crippen molar-refractivity contribution >= 4 is 17.9 Å². The van der Waals surface area contributed by atoms with E-state index in [1.54, 1.807) is 0 Å². The maximum absolute atomic E-state index is 12.8. The van der Waals surface area contributed by atoms with E-state index in [9.17, 15) is 14.4 Å². The van der Waals surface area contributed by atoms with Gasteiger partial charge in [-0.3, -0.25) is 14.4 Å². The van der Waals surface area contributed by atoms with E-state index in [-0.39, 0.29) is 31.1 Å². The topological polar surface area (TPSA) is 78.9 Å². The fraction of sp³-hybridized carbons (Fsp3) is 0.839. The van der Waals surface area contributed by atoms with E-state index in [2.05, 4.69) is 57.2 Å². The van der Waals surface area contributed by atoms with Crippen molar-refractivity contribution in [1.29, 1.82) is 0 Å². The van der Waals surface area contributed by atoms with Gasteiger partial charge in [0.2, 0.25) is 0 Å². The van der Waals surface area contributed by atoms with Gasteiger partial charge in [0.25, 0.3) is 0 Å². The van der Waals surface area contributed by atoms with Gasteiger partial charge in [-0.25, -0.2) is 0 Å². The van der Waals surface area contributed by atoms with Crippen molar-refractivity contribution in [2.45, 2.75) is 290 Å². The summed E-state index contributed by atoms with van der Waals surface area (Å²) in [6, 6.07) is 0. The van der Waals surface area contributed by atoms with Crippen molar-refractivity contribution < 1.29 is 28.6 Å². The van der Waals surface area contributed by atoms with E-state index in [0.717, 1.165) is 70.6 Å². The quantitative estimate of drug-likeness (QED) is 0.0199. The van der Waals surface area contributed by atoms with Crippen molar-refractivity contribution in [3.05, 3.63) is 36.5 Å². The largest absolute Gasteiger partial charge is 0.462 e. The lowest BCUT2D eigenvalue weighted by atomic mass is 10.1. The third kappa shape index (κ3) is 48.7. The molecule has 0 radical (unpaired) electrons. The van der Waals surface area contributed by atoms with Gasteiger partial charge < -0.3 is 14.2 Å². The zero-order valence-electron chi connectivity index (χ0n) is 41.4. The molecule has 6 heteroatoms. The molecule has 0 saturated heterocycles. The second-order valence-electron chi connectivity index (χ2n) is 18.2. The average Bonchev–Trinajstić information content (AvgIpc) is 3.27. The van der Waals surface area contributed by atoms with Crippen LogP contribution in [-0.4, -0.2) is 37.2 Å². The molecule has 362 valence electrons. The van der Waals surface area contributed by atoms with Crippen LogP contribution in [-0.2, 0) is 28.6 Å². The van der Waals surface area contributed by atoms with Crippen molar-refractivity contribution in [3.63, 3.8) is 0 Å². The molecule has 0 fully saturated rings. The highest BCUT2D eigenvalue weighted by Crippen LogP contribution is 2.15. The number of unbranched alkanes of at least 4 members (excludes halogenated alkanes) is 33. The molecule has 0 aromatic heterocycles. The summed E-state index contributed by atoms with van der Waals surface area (Å²) < 4.78 is 16.8. The van der Waals surface area contributed by atoms with Gasteiger partial charge in [0.15, 0.2) is 6.10 Å². The fourth-order valence-electron chi connectivity index (χ4n) is 7.78. The lowest BCUT2D eigenvalue weighted by molar-refractivity contribution is -0.167. The van der Waals surface area contributed by atoms with Gasteiger partial charge in [-0.05, 0) is 70.6 Å². The third-order valence-corrected chi connectivity index (χ3v) is 11.9. The van der Waals surface area contributed by atoms with E-state index in [1.165, 1.54) is 173 Å². The summed E-state index contributed by atoms with van der Waals surface area (Å²) in [5.74, 6) is -0.886. The van der Waals surface area contributed by atoms with Gasteiger partial charge in [0.1, 0.15) is 13.2 Å². The van der Waals surface area contributed by atoms with Gasteiger partial charge in [0, 0.05) is 19.3 Å². The van der Waals surface area contributed by atoms with E-state index < -0.39 is 6.10 Å². The smallest absolute Gasteiger partial charge is 0.306 e. The van der Waals surface area contributed by atoms with Crippen LogP contribution in [0.4, 0.5) is 0 Å². The Hall–Kier alpha value is -2.37. The molecule has 0 aromatic carbocycles. The summed E-state index contributed by atoms with van der Waals surface area (Å²) >= 11 is 0. The Morgan fingerprint density at radius 3 is 0.935 bits per heavy atom. The minimum Gasteiger partial charge on any atom is -0.462 e. The SMILES string of the molecule is CCCCC/C=C\C=C/CCCCCCCCC(=O)OC(COC(=O)CCCCCCC/C=C\CCCCCCCCCCC)COC(=O)CCCCCCCCCCCCC. The maximum atomic E-state index is 12.8. The minimum absolute atomic E-state index is 0.0768. The van der Waals surface area contributed by atoms with Crippen LogP contribution >= 0.6 is 0 Å². The lowest BCUT2D eigenvalue weighted by Gasteiger charge is -2.18. The average molecular weight is 871 g/mol. The molecule has 1 unspecified atom stereocenters. The fourth-order valence-corrected chi connectivity index (χ4v) is 7.78. The van der Waals surface area contributed by atoms with Crippen LogP contribution in [0.3, 0.4) is 0 Å². The molecule has 0 amide bonds. The van der Waals surface area contributed by atoms with Gasteiger partial charge in [-0.15, -0.1) is 0 Å². The van der Waals surface area contributed by atoms with Crippen LogP contribution in [0.5, 0.6) is 0 Å². The first-order valence-corrected chi connectivity index (χ1v) is 27.0. The summed E-state index contributed by atoms with van der Waals surface area (Å²) in [5, 5.41) is 0. The molecule has 0 aliphatic heterocycles. The monoisotopic (exact) mass is 871 g/mol. The molecule has 0 aliphatic rings. The molecule has 0 heterocycles. The van der Waals surface area contributed by atoms with Crippen molar-refractivity contribution in [3.8, 4) is 0 Å². The predicted molar refractivity (Wildman–Crippen MR) is 266 cm³/mol. The summed E-state index contributed by atoms with van der Waals surface area (Å²) in [4.78, 5) is 38.0. The molecule has 1 atom stereocenters. The zero-order valence-corrected chi connectivity index (χ0v) is 41.4. The van der Waals surface area contributed by atoms with E-state index in [4.69, 9.17) is 14.2 Å². The number of allylic oxidation sites excluding steroid dienone is 6. The van der Waals surface area contributed by atoms with Crippen molar-refractivity contribution in [2.24, 2.45) is 0 Å². The number of carbonyl (C=O) groups is 3. The second kappa shape index (κ2) is 51.3. The van der Waals surface area contributed by atoms with Crippen LogP contribution < -0.4 is 0 Å². The van der Waals surface area contributed by atoms with E-state index in [1.807, 2.05) is 0 Å². The highest BCUT2D eigenvalue weighted by atomic mass is 16.6. The Balaban J connectivity index is 4.35. The molecule has 62 heavy (non-hydrogen) atoms. The van der Waals surface area contributed by atoms with Gasteiger partial charge in [0.05, 0.1) is 0 Å². The van der Waals surface area contributed by atoms with Gasteiger partial charge in [-0.1, -0.05) is 231 Å².